The van der Waals surface area contributed by atoms with Crippen molar-refractivity contribution in [2.45, 2.75) is 19.6 Å². The van der Waals surface area contributed by atoms with Crippen LogP contribution in [0.2, 0.25) is 0 Å². The Kier molecular flexibility index (Phi) is 8.45. The van der Waals surface area contributed by atoms with Crippen LogP contribution in [0.15, 0.2) is 53.5 Å². The average molecular weight is 357 g/mol. The quantitative estimate of drug-likeness (QED) is 0.388. The molecule has 0 aromatic heterocycles. The molecule has 0 aliphatic carbocycles. The van der Waals surface area contributed by atoms with Crippen molar-refractivity contribution < 1.29 is 14.2 Å². The highest BCUT2D eigenvalue weighted by molar-refractivity contribution is 5.92. The number of rotatable bonds is 10. The van der Waals surface area contributed by atoms with Crippen LogP contribution in [0.4, 0.5) is 5.69 Å². The zero-order valence-electron chi connectivity index (χ0n) is 15.4. The van der Waals surface area contributed by atoms with Gasteiger partial charge in [0.1, 0.15) is 5.75 Å². The molecule has 3 N–H and O–H groups in total. The Labute approximate surface area is 155 Å². The lowest BCUT2D eigenvalue weighted by Gasteiger charge is -2.11. The number of nitrogens with two attached hydrogens (primary N) is 1. The molecule has 0 fully saturated rings. The number of aliphatic imine (C=N–C) groups is 1. The Morgan fingerprint density at radius 1 is 1.04 bits per heavy atom. The van der Waals surface area contributed by atoms with Crippen molar-refractivity contribution in [1.29, 1.82) is 0 Å². The molecule has 6 nitrogen and oxygen atoms in total. The molecule has 2 rings (SSSR count). The second-order valence-corrected chi connectivity index (χ2v) is 5.76. The van der Waals surface area contributed by atoms with E-state index in [2.05, 4.69) is 10.3 Å². The Morgan fingerprint density at radius 2 is 1.88 bits per heavy atom. The van der Waals surface area contributed by atoms with Crippen LogP contribution >= 0.6 is 0 Å². The van der Waals surface area contributed by atoms with Crippen molar-refractivity contribution in [2.24, 2.45) is 10.7 Å². The molecular formula is C20H27N3O3. The Balaban J connectivity index is 1.92. The molecule has 6 heteroatoms. The minimum atomic E-state index is 0.361. The van der Waals surface area contributed by atoms with Crippen LogP contribution in [0.1, 0.15) is 17.5 Å². The topological polar surface area (TPSA) is 78.1 Å². The first-order chi connectivity index (χ1) is 12.7. The summed E-state index contributed by atoms with van der Waals surface area (Å²) in [5, 5.41) is 3.13. The minimum absolute atomic E-state index is 0.361. The first-order valence-electron chi connectivity index (χ1n) is 8.57. The SMILES string of the molecule is COCCCOc1cccc(CN=C(N)Nc2ccccc2COC)c1. The number of nitrogens with one attached hydrogen (secondary N) is 1. The highest BCUT2D eigenvalue weighted by Crippen LogP contribution is 2.16. The van der Waals surface area contributed by atoms with E-state index in [0.29, 0.717) is 32.3 Å². The molecule has 26 heavy (non-hydrogen) atoms. The fourth-order valence-electron chi connectivity index (χ4n) is 2.40. The van der Waals surface area contributed by atoms with Crippen LogP contribution < -0.4 is 15.8 Å². The van der Waals surface area contributed by atoms with Crippen LogP contribution in [-0.4, -0.2) is 33.4 Å². The summed E-state index contributed by atoms with van der Waals surface area (Å²) >= 11 is 0. The molecule has 140 valence electrons. The van der Waals surface area contributed by atoms with Gasteiger partial charge in [0.25, 0.3) is 0 Å². The van der Waals surface area contributed by atoms with Crippen molar-refractivity contribution in [1.82, 2.24) is 0 Å². The van der Waals surface area contributed by atoms with Gasteiger partial charge in [-0.1, -0.05) is 30.3 Å². The van der Waals surface area contributed by atoms with Gasteiger partial charge in [-0.3, -0.25) is 0 Å². The smallest absolute Gasteiger partial charge is 0.193 e. The number of anilines is 1. The molecule has 0 atom stereocenters. The normalized spacial score (nSPS) is 11.4. The maximum atomic E-state index is 6.02. The van der Waals surface area contributed by atoms with Gasteiger partial charge in [-0.2, -0.15) is 0 Å². The van der Waals surface area contributed by atoms with E-state index in [1.54, 1.807) is 14.2 Å². The lowest BCUT2D eigenvalue weighted by Crippen LogP contribution is -2.23. The predicted molar refractivity (Wildman–Crippen MR) is 105 cm³/mol. The van der Waals surface area contributed by atoms with Gasteiger partial charge < -0.3 is 25.3 Å². The molecule has 0 bridgehead atoms. The number of hydrogen-bond acceptors (Lipinski definition) is 4. The maximum absolute atomic E-state index is 6.02. The molecule has 2 aromatic carbocycles. The summed E-state index contributed by atoms with van der Waals surface area (Å²) in [5.41, 5.74) is 8.98. The summed E-state index contributed by atoms with van der Waals surface area (Å²) < 4.78 is 15.9. The minimum Gasteiger partial charge on any atom is -0.493 e. The lowest BCUT2D eigenvalue weighted by molar-refractivity contribution is 0.172. The van der Waals surface area contributed by atoms with Gasteiger partial charge in [0.2, 0.25) is 0 Å². The molecule has 0 saturated heterocycles. The van der Waals surface area contributed by atoms with Gasteiger partial charge in [0, 0.05) is 38.5 Å². The highest BCUT2D eigenvalue weighted by Gasteiger charge is 2.03. The molecular weight excluding hydrogens is 330 g/mol. The zero-order chi connectivity index (χ0) is 18.6. The number of para-hydroxylation sites is 1. The lowest BCUT2D eigenvalue weighted by atomic mass is 10.2. The van der Waals surface area contributed by atoms with E-state index in [-0.39, 0.29) is 0 Å². The van der Waals surface area contributed by atoms with E-state index < -0.39 is 0 Å². The van der Waals surface area contributed by atoms with Crippen molar-refractivity contribution in [2.75, 3.05) is 32.8 Å². The molecule has 0 unspecified atom stereocenters. The van der Waals surface area contributed by atoms with E-state index in [9.17, 15) is 0 Å². The molecule has 0 radical (unpaired) electrons. The van der Waals surface area contributed by atoms with Crippen LogP contribution in [0.5, 0.6) is 5.75 Å². The van der Waals surface area contributed by atoms with Crippen LogP contribution in [0.3, 0.4) is 0 Å². The fourth-order valence-corrected chi connectivity index (χ4v) is 2.40. The van der Waals surface area contributed by atoms with E-state index in [1.807, 2.05) is 48.5 Å². The summed E-state index contributed by atoms with van der Waals surface area (Å²) in [5.74, 6) is 1.19. The second kappa shape index (κ2) is 11.1. The summed E-state index contributed by atoms with van der Waals surface area (Å²) in [6.45, 7) is 2.30. The van der Waals surface area contributed by atoms with E-state index in [0.717, 1.165) is 29.0 Å². The molecule has 2 aromatic rings. The summed E-state index contributed by atoms with van der Waals surface area (Å²) in [7, 11) is 3.35. The van der Waals surface area contributed by atoms with Gasteiger partial charge in [-0.25, -0.2) is 4.99 Å². The number of benzene rings is 2. The van der Waals surface area contributed by atoms with Gasteiger partial charge in [0.05, 0.1) is 19.8 Å². The van der Waals surface area contributed by atoms with E-state index in [1.165, 1.54) is 0 Å². The second-order valence-electron chi connectivity index (χ2n) is 5.76. The van der Waals surface area contributed by atoms with Gasteiger partial charge in [0.15, 0.2) is 5.96 Å². The molecule has 0 amide bonds. The van der Waals surface area contributed by atoms with Crippen molar-refractivity contribution in [3.05, 3.63) is 59.7 Å². The number of methoxy groups -OCH3 is 2. The van der Waals surface area contributed by atoms with Crippen molar-refractivity contribution >= 4 is 11.6 Å². The monoisotopic (exact) mass is 357 g/mol. The van der Waals surface area contributed by atoms with Gasteiger partial charge in [-0.15, -0.1) is 0 Å². The summed E-state index contributed by atoms with van der Waals surface area (Å²) in [6, 6.07) is 15.7. The molecule has 0 heterocycles. The van der Waals surface area contributed by atoms with Gasteiger partial charge in [-0.05, 0) is 23.8 Å². The third kappa shape index (κ3) is 6.74. The van der Waals surface area contributed by atoms with Crippen LogP contribution in [0, 0.1) is 0 Å². The Morgan fingerprint density at radius 3 is 2.69 bits per heavy atom. The van der Waals surface area contributed by atoms with Gasteiger partial charge >= 0.3 is 0 Å². The maximum Gasteiger partial charge on any atom is 0.193 e. The van der Waals surface area contributed by atoms with Crippen molar-refractivity contribution in [3.63, 3.8) is 0 Å². The molecule has 0 aliphatic heterocycles. The molecule has 0 saturated carbocycles. The number of nitrogens with zero attached hydrogens (tertiary/aromatic N) is 1. The van der Waals surface area contributed by atoms with Crippen LogP contribution in [-0.2, 0) is 22.6 Å². The average Bonchev–Trinajstić information content (AvgIpc) is 2.66. The standard InChI is InChI=1S/C20H27N3O3/c1-24-11-6-12-26-18-9-5-7-16(13-18)14-22-20(21)23-19-10-4-3-8-17(19)15-25-2/h3-5,7-10,13H,6,11-12,14-15H2,1-2H3,(H3,21,22,23). The molecule has 0 aliphatic rings. The third-order valence-electron chi connectivity index (χ3n) is 3.67. The Hall–Kier alpha value is -2.57. The predicted octanol–water partition coefficient (Wildman–Crippen LogP) is 3.18. The summed E-state index contributed by atoms with van der Waals surface area (Å²) in [4.78, 5) is 4.41. The highest BCUT2D eigenvalue weighted by atomic mass is 16.5. The fraction of sp³-hybridized carbons (Fsp3) is 0.350. The first-order valence-corrected chi connectivity index (χ1v) is 8.57. The first kappa shape index (κ1) is 19.8. The van der Waals surface area contributed by atoms with Crippen molar-refractivity contribution in [3.8, 4) is 5.75 Å². The van der Waals surface area contributed by atoms with E-state index in [4.69, 9.17) is 19.9 Å². The summed E-state index contributed by atoms with van der Waals surface area (Å²) in [6.07, 6.45) is 0.858. The van der Waals surface area contributed by atoms with E-state index >= 15 is 0 Å². The Bertz CT molecular complexity index is 704. The number of hydrogen-bond donors (Lipinski definition) is 2. The zero-order valence-corrected chi connectivity index (χ0v) is 15.4. The largest absolute Gasteiger partial charge is 0.493 e. The van der Waals surface area contributed by atoms with Crippen LogP contribution in [0.25, 0.3) is 0 Å². The number of ether oxygens (including phenoxy) is 3. The number of guanidine groups is 1. The third-order valence-corrected chi connectivity index (χ3v) is 3.67. The molecule has 0 spiro atoms.